The van der Waals surface area contributed by atoms with E-state index in [1.54, 1.807) is 0 Å². The molecule has 37 heavy (non-hydrogen) atoms. The maximum atomic E-state index is 12.3. The highest BCUT2D eigenvalue weighted by Crippen LogP contribution is 2.43. The van der Waals surface area contributed by atoms with E-state index in [9.17, 15) is 24.2 Å². The van der Waals surface area contributed by atoms with E-state index in [1.807, 2.05) is 6.92 Å². The lowest BCUT2D eigenvalue weighted by Crippen LogP contribution is -2.29. The van der Waals surface area contributed by atoms with E-state index in [-0.39, 0.29) is 19.4 Å². The second-order valence-electron chi connectivity index (χ2n) is 9.43. The van der Waals surface area contributed by atoms with Crippen LogP contribution >= 0.6 is 7.82 Å². The molecule has 3 N–H and O–H groups in total. The van der Waals surface area contributed by atoms with Crippen LogP contribution in [0.2, 0.25) is 0 Å². The van der Waals surface area contributed by atoms with Crippen LogP contribution in [0.15, 0.2) is 0 Å². The van der Waals surface area contributed by atoms with Gasteiger partial charge in [0.1, 0.15) is 12.7 Å². The number of phosphoric acid groups is 1. The fraction of sp³-hybridized carbons (Fsp3) is 0.923. The lowest BCUT2D eigenvalue weighted by Gasteiger charge is -2.20. The van der Waals surface area contributed by atoms with Gasteiger partial charge in [0.25, 0.3) is 0 Å². The minimum atomic E-state index is -4.57. The minimum Gasteiger partial charge on any atom is -0.462 e. The number of carbonyl (C=O) groups is 2. The Labute approximate surface area is 223 Å². The highest BCUT2D eigenvalue weighted by molar-refractivity contribution is 7.47. The van der Waals surface area contributed by atoms with Crippen LogP contribution in [0, 0.1) is 0 Å². The zero-order chi connectivity index (χ0) is 27.8. The van der Waals surface area contributed by atoms with Gasteiger partial charge >= 0.3 is 19.8 Å². The average molecular weight is 555 g/mol. The summed E-state index contributed by atoms with van der Waals surface area (Å²) >= 11 is 0. The SMILES string of the molecule is CCCCCCCCCCCCCCC(=O)OC(COC(=O)CCCC)COP(=O)(O)OCC(O)CO. The van der Waals surface area contributed by atoms with Crippen LogP contribution in [-0.4, -0.2) is 65.7 Å². The average Bonchev–Trinajstić information content (AvgIpc) is 2.88. The molecule has 220 valence electrons. The first kappa shape index (κ1) is 36.0. The first-order chi connectivity index (χ1) is 17.7. The number of hydrogen-bond donors (Lipinski definition) is 3. The Hall–Kier alpha value is -1.03. The summed E-state index contributed by atoms with van der Waals surface area (Å²) in [7, 11) is -4.57. The Morgan fingerprint density at radius 1 is 0.703 bits per heavy atom. The highest BCUT2D eigenvalue weighted by Gasteiger charge is 2.27. The topological polar surface area (TPSA) is 149 Å². The zero-order valence-electron chi connectivity index (χ0n) is 22.9. The van der Waals surface area contributed by atoms with E-state index in [1.165, 1.54) is 51.4 Å². The maximum absolute atomic E-state index is 12.3. The van der Waals surface area contributed by atoms with Crippen molar-refractivity contribution in [2.75, 3.05) is 26.4 Å². The van der Waals surface area contributed by atoms with Crippen molar-refractivity contribution in [2.24, 2.45) is 0 Å². The number of hydrogen-bond acceptors (Lipinski definition) is 9. The third-order valence-corrected chi connectivity index (χ3v) is 6.71. The van der Waals surface area contributed by atoms with E-state index in [0.29, 0.717) is 12.8 Å². The normalized spacial score (nSPS) is 14.6. The molecule has 3 unspecified atom stereocenters. The number of ether oxygens (including phenoxy) is 2. The number of aliphatic hydroxyl groups excluding tert-OH is 2. The van der Waals surface area contributed by atoms with Crippen LogP contribution < -0.4 is 0 Å². The molecular formula is C26H51O10P. The van der Waals surface area contributed by atoms with Crippen LogP contribution in [0.4, 0.5) is 0 Å². The van der Waals surface area contributed by atoms with Crippen LogP contribution in [0.1, 0.15) is 117 Å². The first-order valence-electron chi connectivity index (χ1n) is 14.0. The molecule has 0 saturated carbocycles. The van der Waals surface area contributed by atoms with Gasteiger partial charge < -0.3 is 24.6 Å². The second kappa shape index (κ2) is 24.0. The summed E-state index contributed by atoms with van der Waals surface area (Å²) in [6, 6.07) is 0. The Morgan fingerprint density at radius 3 is 1.73 bits per heavy atom. The molecule has 0 spiro atoms. The number of rotatable bonds is 26. The summed E-state index contributed by atoms with van der Waals surface area (Å²) in [6.45, 7) is 2.06. The summed E-state index contributed by atoms with van der Waals surface area (Å²) in [4.78, 5) is 33.8. The molecule has 3 atom stereocenters. The molecule has 10 nitrogen and oxygen atoms in total. The molecule has 0 amide bonds. The Balaban J connectivity index is 4.30. The molecule has 0 saturated heterocycles. The predicted molar refractivity (Wildman–Crippen MR) is 141 cm³/mol. The Bertz CT molecular complexity index is 616. The lowest BCUT2D eigenvalue weighted by molar-refractivity contribution is -0.161. The van der Waals surface area contributed by atoms with Gasteiger partial charge in [0, 0.05) is 12.8 Å². The molecule has 0 bridgehead atoms. The summed E-state index contributed by atoms with van der Waals surface area (Å²) in [5.41, 5.74) is 0. The fourth-order valence-electron chi connectivity index (χ4n) is 3.50. The molecular weight excluding hydrogens is 503 g/mol. The Kier molecular flexibility index (Phi) is 23.4. The summed E-state index contributed by atoms with van der Waals surface area (Å²) < 4.78 is 31.9. The lowest BCUT2D eigenvalue weighted by atomic mass is 10.0. The van der Waals surface area contributed by atoms with E-state index < -0.39 is 51.8 Å². The van der Waals surface area contributed by atoms with Crippen LogP contribution in [0.3, 0.4) is 0 Å². The van der Waals surface area contributed by atoms with Crippen molar-refractivity contribution in [3.63, 3.8) is 0 Å². The number of phosphoric ester groups is 1. The Morgan fingerprint density at radius 2 is 1.19 bits per heavy atom. The monoisotopic (exact) mass is 554 g/mol. The minimum absolute atomic E-state index is 0.188. The molecule has 0 aromatic carbocycles. The van der Waals surface area contributed by atoms with E-state index in [0.717, 1.165) is 25.7 Å². The van der Waals surface area contributed by atoms with Gasteiger partial charge in [-0.1, -0.05) is 90.9 Å². The largest absolute Gasteiger partial charge is 0.472 e. The third kappa shape index (κ3) is 23.8. The van der Waals surface area contributed by atoms with Crippen molar-refractivity contribution in [3.05, 3.63) is 0 Å². The second-order valence-corrected chi connectivity index (χ2v) is 10.9. The summed E-state index contributed by atoms with van der Waals surface area (Å²) in [5.74, 6) is -0.965. The van der Waals surface area contributed by atoms with Crippen molar-refractivity contribution in [1.29, 1.82) is 0 Å². The standard InChI is InChI=1S/C26H51O10P/c1-3-5-7-8-9-10-11-12-13-14-15-16-18-26(30)36-24(21-33-25(29)17-6-4-2)22-35-37(31,32)34-20-23(28)19-27/h23-24,27-28H,3-22H2,1-2H3,(H,31,32). The molecule has 11 heteroatoms. The van der Waals surface area contributed by atoms with Gasteiger partial charge in [0.2, 0.25) is 0 Å². The number of carbonyl (C=O) groups excluding carboxylic acids is 2. The van der Waals surface area contributed by atoms with E-state index in [2.05, 4.69) is 11.4 Å². The highest BCUT2D eigenvalue weighted by atomic mass is 31.2. The molecule has 0 fully saturated rings. The van der Waals surface area contributed by atoms with Crippen molar-refractivity contribution >= 4 is 19.8 Å². The smallest absolute Gasteiger partial charge is 0.462 e. The van der Waals surface area contributed by atoms with Gasteiger partial charge in [-0.05, 0) is 12.8 Å². The van der Waals surface area contributed by atoms with Crippen molar-refractivity contribution in [2.45, 2.75) is 129 Å². The molecule has 0 radical (unpaired) electrons. The van der Waals surface area contributed by atoms with Crippen molar-refractivity contribution in [3.8, 4) is 0 Å². The number of aliphatic hydroxyl groups is 2. The molecule has 0 rings (SSSR count). The first-order valence-corrected chi connectivity index (χ1v) is 15.5. The molecule has 0 aliphatic carbocycles. The third-order valence-electron chi connectivity index (χ3n) is 5.76. The van der Waals surface area contributed by atoms with Gasteiger partial charge in [0.15, 0.2) is 6.10 Å². The number of esters is 2. The predicted octanol–water partition coefficient (Wildman–Crippen LogP) is 5.21. The zero-order valence-corrected chi connectivity index (χ0v) is 23.8. The molecule has 0 aliphatic rings. The van der Waals surface area contributed by atoms with Gasteiger partial charge in [0.05, 0.1) is 19.8 Å². The molecule has 0 aromatic heterocycles. The summed E-state index contributed by atoms with van der Waals surface area (Å²) in [5, 5.41) is 18.0. The van der Waals surface area contributed by atoms with Gasteiger partial charge in [-0.2, -0.15) is 0 Å². The fourth-order valence-corrected chi connectivity index (χ4v) is 4.29. The van der Waals surface area contributed by atoms with Crippen LogP contribution in [0.5, 0.6) is 0 Å². The molecule has 0 heterocycles. The number of unbranched alkanes of at least 4 members (excludes halogenated alkanes) is 12. The molecule has 0 aliphatic heterocycles. The van der Waals surface area contributed by atoms with Crippen LogP contribution in [-0.2, 0) is 32.7 Å². The van der Waals surface area contributed by atoms with Crippen molar-refractivity contribution in [1.82, 2.24) is 0 Å². The van der Waals surface area contributed by atoms with Gasteiger partial charge in [-0.25, -0.2) is 4.57 Å². The van der Waals surface area contributed by atoms with Crippen LogP contribution in [0.25, 0.3) is 0 Å². The molecule has 0 aromatic rings. The quantitative estimate of drug-likeness (QED) is 0.0739. The summed E-state index contributed by atoms with van der Waals surface area (Å²) in [6.07, 6.45) is 13.6. The van der Waals surface area contributed by atoms with E-state index in [4.69, 9.17) is 19.1 Å². The van der Waals surface area contributed by atoms with E-state index >= 15 is 0 Å². The van der Waals surface area contributed by atoms with Gasteiger partial charge in [-0.3, -0.25) is 18.6 Å². The van der Waals surface area contributed by atoms with Gasteiger partial charge in [-0.15, -0.1) is 0 Å². The maximum Gasteiger partial charge on any atom is 0.472 e. The van der Waals surface area contributed by atoms with Crippen molar-refractivity contribution < 1.29 is 47.8 Å².